The van der Waals surface area contributed by atoms with E-state index in [1.807, 2.05) is 18.2 Å². The Morgan fingerprint density at radius 2 is 1.65 bits per heavy atom. The van der Waals surface area contributed by atoms with Crippen molar-refractivity contribution in [2.75, 3.05) is 7.11 Å². The lowest BCUT2D eigenvalue weighted by Crippen LogP contribution is -2.34. The number of ether oxygens (including phenoxy) is 1. The molecular formula is C17H17ClN2O3. The van der Waals surface area contributed by atoms with Gasteiger partial charge in [0.15, 0.2) is 0 Å². The lowest BCUT2D eigenvalue weighted by atomic mass is 10.1. The molecule has 0 aliphatic heterocycles. The molecule has 0 bridgehead atoms. The molecule has 0 unspecified atom stereocenters. The molecule has 120 valence electrons. The van der Waals surface area contributed by atoms with Gasteiger partial charge in [-0.3, -0.25) is 0 Å². The summed E-state index contributed by atoms with van der Waals surface area (Å²) >= 11 is 6.02. The van der Waals surface area contributed by atoms with Crippen LogP contribution in [0.2, 0.25) is 5.02 Å². The first-order chi connectivity index (χ1) is 11.1. The minimum atomic E-state index is -0.387. The summed E-state index contributed by atoms with van der Waals surface area (Å²) in [7, 11) is 1.33. The smallest absolute Gasteiger partial charge is 0.337 e. The summed E-state index contributed by atoms with van der Waals surface area (Å²) in [5.41, 5.74) is 2.21. The predicted octanol–water partition coefficient (Wildman–Crippen LogP) is 3.13. The van der Waals surface area contributed by atoms with Crippen molar-refractivity contribution >= 4 is 23.6 Å². The maximum Gasteiger partial charge on any atom is 0.337 e. The van der Waals surface area contributed by atoms with E-state index in [4.69, 9.17) is 11.6 Å². The zero-order valence-corrected chi connectivity index (χ0v) is 13.4. The number of carbonyl (C=O) groups excluding carboxylic acids is 2. The summed E-state index contributed by atoms with van der Waals surface area (Å²) in [6.07, 6.45) is 0. The molecule has 5 nitrogen and oxygen atoms in total. The lowest BCUT2D eigenvalue weighted by Gasteiger charge is -2.09. The van der Waals surface area contributed by atoms with Crippen molar-refractivity contribution in [2.45, 2.75) is 13.1 Å². The van der Waals surface area contributed by atoms with Crippen molar-refractivity contribution in [3.8, 4) is 0 Å². The number of hydrogen-bond donors (Lipinski definition) is 2. The van der Waals surface area contributed by atoms with Gasteiger partial charge in [-0.2, -0.15) is 0 Å². The van der Waals surface area contributed by atoms with Crippen LogP contribution in [-0.4, -0.2) is 19.1 Å². The van der Waals surface area contributed by atoms with Gasteiger partial charge in [0.25, 0.3) is 0 Å². The molecule has 0 aromatic heterocycles. The first-order valence-corrected chi connectivity index (χ1v) is 7.40. The highest BCUT2D eigenvalue weighted by Crippen LogP contribution is 2.14. The number of halogens is 1. The van der Waals surface area contributed by atoms with E-state index in [-0.39, 0.29) is 12.0 Å². The van der Waals surface area contributed by atoms with Crippen LogP contribution in [0.3, 0.4) is 0 Å². The van der Waals surface area contributed by atoms with Gasteiger partial charge in [-0.25, -0.2) is 9.59 Å². The van der Waals surface area contributed by atoms with Crippen molar-refractivity contribution in [1.82, 2.24) is 10.6 Å². The average molecular weight is 333 g/mol. The van der Waals surface area contributed by atoms with E-state index >= 15 is 0 Å². The van der Waals surface area contributed by atoms with Gasteiger partial charge in [-0.1, -0.05) is 41.9 Å². The van der Waals surface area contributed by atoms with E-state index in [9.17, 15) is 9.59 Å². The summed E-state index contributed by atoms with van der Waals surface area (Å²) in [6, 6.07) is 13.9. The lowest BCUT2D eigenvalue weighted by molar-refractivity contribution is 0.0600. The van der Waals surface area contributed by atoms with Gasteiger partial charge >= 0.3 is 12.0 Å². The molecule has 23 heavy (non-hydrogen) atoms. The molecule has 2 amide bonds. The van der Waals surface area contributed by atoms with Gasteiger partial charge in [0, 0.05) is 18.1 Å². The molecule has 0 fully saturated rings. The second kappa shape index (κ2) is 8.19. The maximum atomic E-state index is 11.8. The Kier molecular flexibility index (Phi) is 6.00. The molecule has 0 saturated heterocycles. The molecule has 0 aliphatic carbocycles. The Balaban J connectivity index is 1.80. The van der Waals surface area contributed by atoms with E-state index < -0.39 is 0 Å². The summed E-state index contributed by atoms with van der Waals surface area (Å²) in [5, 5.41) is 6.10. The number of carbonyl (C=O) groups is 2. The zero-order valence-electron chi connectivity index (χ0n) is 12.6. The van der Waals surface area contributed by atoms with E-state index in [1.54, 1.807) is 30.3 Å². The van der Waals surface area contributed by atoms with E-state index in [0.717, 1.165) is 11.1 Å². The highest BCUT2D eigenvalue weighted by molar-refractivity contribution is 6.31. The Morgan fingerprint density at radius 1 is 1.00 bits per heavy atom. The van der Waals surface area contributed by atoms with Crippen LogP contribution in [0.1, 0.15) is 21.5 Å². The number of benzene rings is 2. The van der Waals surface area contributed by atoms with Crippen LogP contribution in [0.5, 0.6) is 0 Å². The van der Waals surface area contributed by atoms with E-state index in [2.05, 4.69) is 15.4 Å². The minimum Gasteiger partial charge on any atom is -0.465 e. The largest absolute Gasteiger partial charge is 0.465 e. The van der Waals surface area contributed by atoms with Gasteiger partial charge in [0.2, 0.25) is 0 Å². The van der Waals surface area contributed by atoms with Crippen LogP contribution in [-0.2, 0) is 17.8 Å². The molecular weight excluding hydrogens is 316 g/mol. The van der Waals surface area contributed by atoms with Gasteiger partial charge in [-0.15, -0.1) is 0 Å². The Morgan fingerprint density at radius 3 is 2.30 bits per heavy atom. The van der Waals surface area contributed by atoms with Crippen molar-refractivity contribution < 1.29 is 14.3 Å². The second-order valence-corrected chi connectivity index (χ2v) is 5.22. The van der Waals surface area contributed by atoms with E-state index in [1.165, 1.54) is 7.11 Å². The Hall–Kier alpha value is -2.53. The molecule has 0 spiro atoms. The van der Waals surface area contributed by atoms with Crippen molar-refractivity contribution in [1.29, 1.82) is 0 Å². The van der Waals surface area contributed by atoms with Crippen LogP contribution in [0.25, 0.3) is 0 Å². The van der Waals surface area contributed by atoms with Gasteiger partial charge in [0.1, 0.15) is 0 Å². The van der Waals surface area contributed by atoms with Crippen molar-refractivity contribution in [3.63, 3.8) is 0 Å². The highest BCUT2D eigenvalue weighted by atomic mass is 35.5. The standard InChI is InChI=1S/C17H17ClN2O3/c1-23-16(21)13-8-6-12(7-9-13)10-19-17(22)20-11-14-4-2-3-5-15(14)18/h2-9H,10-11H2,1H3,(H2,19,20,22). The monoisotopic (exact) mass is 332 g/mol. The van der Waals surface area contributed by atoms with Gasteiger partial charge < -0.3 is 15.4 Å². The summed E-state index contributed by atoms with van der Waals surface area (Å²) < 4.78 is 4.63. The molecule has 0 radical (unpaired) electrons. The molecule has 0 heterocycles. The number of hydrogen-bond acceptors (Lipinski definition) is 3. The molecule has 2 rings (SSSR count). The number of nitrogens with one attached hydrogen (secondary N) is 2. The third-order valence-electron chi connectivity index (χ3n) is 3.23. The number of rotatable bonds is 5. The topological polar surface area (TPSA) is 67.4 Å². The Labute approximate surface area is 139 Å². The summed E-state index contributed by atoms with van der Waals surface area (Å²) in [5.74, 6) is -0.387. The van der Waals surface area contributed by atoms with E-state index in [0.29, 0.717) is 23.7 Å². The quantitative estimate of drug-likeness (QED) is 0.827. The predicted molar refractivity (Wildman–Crippen MR) is 88.3 cm³/mol. The fourth-order valence-corrected chi connectivity index (χ4v) is 2.14. The second-order valence-electron chi connectivity index (χ2n) is 4.82. The summed E-state index contributed by atoms with van der Waals surface area (Å²) in [4.78, 5) is 23.1. The highest BCUT2D eigenvalue weighted by Gasteiger charge is 2.06. The normalized spacial score (nSPS) is 10.0. The Bertz CT molecular complexity index is 686. The number of urea groups is 1. The van der Waals surface area contributed by atoms with Crippen LogP contribution >= 0.6 is 11.6 Å². The van der Waals surface area contributed by atoms with Gasteiger partial charge in [-0.05, 0) is 29.3 Å². The van der Waals surface area contributed by atoms with Crippen LogP contribution in [0.15, 0.2) is 48.5 Å². The van der Waals surface area contributed by atoms with Crippen molar-refractivity contribution in [2.24, 2.45) is 0 Å². The SMILES string of the molecule is COC(=O)c1ccc(CNC(=O)NCc2ccccc2Cl)cc1. The molecule has 6 heteroatoms. The zero-order chi connectivity index (χ0) is 16.7. The van der Waals surface area contributed by atoms with Crippen molar-refractivity contribution in [3.05, 3.63) is 70.2 Å². The fraction of sp³-hybridized carbons (Fsp3) is 0.176. The molecule has 0 aliphatic rings. The third-order valence-corrected chi connectivity index (χ3v) is 3.59. The average Bonchev–Trinajstić information content (AvgIpc) is 2.59. The number of methoxy groups -OCH3 is 1. The molecule has 2 aromatic carbocycles. The van der Waals surface area contributed by atoms with Crippen LogP contribution < -0.4 is 10.6 Å². The minimum absolute atomic E-state index is 0.290. The number of esters is 1. The summed E-state index contributed by atoms with van der Waals surface area (Å²) in [6.45, 7) is 0.711. The van der Waals surface area contributed by atoms with Gasteiger partial charge in [0.05, 0.1) is 12.7 Å². The molecule has 0 saturated carbocycles. The first kappa shape index (κ1) is 16.8. The fourth-order valence-electron chi connectivity index (χ4n) is 1.94. The molecule has 0 atom stereocenters. The molecule has 2 aromatic rings. The van der Waals surface area contributed by atoms with Crippen LogP contribution in [0.4, 0.5) is 4.79 Å². The number of amides is 2. The third kappa shape index (κ3) is 5.00. The molecule has 2 N–H and O–H groups in total. The maximum absolute atomic E-state index is 11.8. The van der Waals surface area contributed by atoms with Crippen LogP contribution in [0, 0.1) is 0 Å². The first-order valence-electron chi connectivity index (χ1n) is 7.02.